The Labute approximate surface area is 204 Å². The van der Waals surface area contributed by atoms with Crippen molar-refractivity contribution in [3.63, 3.8) is 0 Å². The number of benzene rings is 2. The zero-order valence-corrected chi connectivity index (χ0v) is 19.9. The summed E-state index contributed by atoms with van der Waals surface area (Å²) in [4.78, 5) is 4.84. The van der Waals surface area contributed by atoms with Crippen LogP contribution in [0.15, 0.2) is 59.1 Å². The van der Waals surface area contributed by atoms with Gasteiger partial charge < -0.3 is 18.6 Å². The Morgan fingerprint density at radius 1 is 0.853 bits per heavy atom. The Balaban J connectivity index is 1.66. The van der Waals surface area contributed by atoms with Gasteiger partial charge in [0.15, 0.2) is 17.2 Å². The van der Waals surface area contributed by atoms with E-state index in [2.05, 4.69) is 10.2 Å². The number of fused-ring (bicyclic) bond motifs is 1. The standard InChI is InChI=1S/C24H18Cl2N4O4/c1-31-18-10-13(11-19(32-2)21(18)33-3)22-27-20(17-6-4-5-9-30(17)22)24-29-28-23(34-24)15-8-7-14(25)12-16(15)26/h4-12H,1-3H3. The fourth-order valence-electron chi connectivity index (χ4n) is 3.70. The van der Waals surface area contributed by atoms with Crippen LogP contribution in [0.1, 0.15) is 0 Å². The first-order valence-electron chi connectivity index (χ1n) is 10.1. The van der Waals surface area contributed by atoms with Gasteiger partial charge in [0.2, 0.25) is 11.6 Å². The lowest BCUT2D eigenvalue weighted by molar-refractivity contribution is 0.324. The van der Waals surface area contributed by atoms with Crippen molar-refractivity contribution in [2.24, 2.45) is 0 Å². The molecule has 0 bridgehead atoms. The van der Waals surface area contributed by atoms with Crippen LogP contribution in [0.2, 0.25) is 10.0 Å². The molecular weight excluding hydrogens is 479 g/mol. The fraction of sp³-hybridized carbons (Fsp3) is 0.125. The molecule has 8 nitrogen and oxygen atoms in total. The zero-order chi connectivity index (χ0) is 23.8. The second kappa shape index (κ2) is 8.89. The van der Waals surface area contributed by atoms with Crippen molar-refractivity contribution >= 4 is 28.7 Å². The van der Waals surface area contributed by atoms with Crippen molar-refractivity contribution in [1.82, 2.24) is 19.6 Å². The number of imidazole rings is 1. The van der Waals surface area contributed by atoms with Gasteiger partial charge in [-0.15, -0.1) is 10.2 Å². The third kappa shape index (κ3) is 3.70. The molecule has 0 saturated heterocycles. The highest BCUT2D eigenvalue weighted by atomic mass is 35.5. The summed E-state index contributed by atoms with van der Waals surface area (Å²) in [5, 5.41) is 9.32. The van der Waals surface area contributed by atoms with Gasteiger partial charge >= 0.3 is 0 Å². The van der Waals surface area contributed by atoms with E-state index in [0.717, 1.165) is 11.1 Å². The van der Waals surface area contributed by atoms with Gasteiger partial charge in [-0.2, -0.15) is 0 Å². The third-order valence-electron chi connectivity index (χ3n) is 5.26. The number of hydrogen-bond donors (Lipinski definition) is 0. The van der Waals surface area contributed by atoms with E-state index in [0.29, 0.717) is 44.4 Å². The number of halogens is 2. The van der Waals surface area contributed by atoms with Crippen molar-refractivity contribution in [1.29, 1.82) is 0 Å². The molecule has 0 N–H and O–H groups in total. The second-order valence-electron chi connectivity index (χ2n) is 7.19. The molecule has 34 heavy (non-hydrogen) atoms. The number of ether oxygens (including phenoxy) is 3. The largest absolute Gasteiger partial charge is 0.493 e. The summed E-state index contributed by atoms with van der Waals surface area (Å²) in [6, 6.07) is 14.5. The predicted octanol–water partition coefficient (Wildman–Crippen LogP) is 6.05. The van der Waals surface area contributed by atoms with Crippen LogP contribution in [0.5, 0.6) is 17.2 Å². The molecule has 0 atom stereocenters. The minimum absolute atomic E-state index is 0.253. The summed E-state index contributed by atoms with van der Waals surface area (Å²) < 4.78 is 24.4. The Morgan fingerprint density at radius 3 is 2.26 bits per heavy atom. The molecule has 0 spiro atoms. The van der Waals surface area contributed by atoms with E-state index >= 15 is 0 Å². The highest BCUT2D eigenvalue weighted by molar-refractivity contribution is 6.36. The van der Waals surface area contributed by atoms with E-state index in [1.54, 1.807) is 39.5 Å². The molecule has 0 aliphatic rings. The van der Waals surface area contributed by atoms with E-state index in [4.69, 9.17) is 46.8 Å². The Morgan fingerprint density at radius 2 is 1.59 bits per heavy atom. The summed E-state index contributed by atoms with van der Waals surface area (Å²) in [6.45, 7) is 0. The molecule has 3 heterocycles. The fourth-order valence-corrected chi connectivity index (χ4v) is 4.19. The van der Waals surface area contributed by atoms with E-state index in [1.807, 2.05) is 40.9 Å². The average Bonchev–Trinajstić information content (AvgIpc) is 3.48. The van der Waals surface area contributed by atoms with Gasteiger partial charge in [-0.1, -0.05) is 29.3 Å². The van der Waals surface area contributed by atoms with E-state index in [1.165, 1.54) is 0 Å². The molecule has 0 aliphatic heterocycles. The van der Waals surface area contributed by atoms with Crippen LogP contribution in [-0.4, -0.2) is 40.9 Å². The maximum Gasteiger partial charge on any atom is 0.268 e. The van der Waals surface area contributed by atoms with Gasteiger partial charge in [0.1, 0.15) is 5.82 Å². The summed E-state index contributed by atoms with van der Waals surface area (Å²) >= 11 is 12.3. The summed E-state index contributed by atoms with van der Waals surface area (Å²) in [7, 11) is 4.69. The van der Waals surface area contributed by atoms with Crippen LogP contribution in [-0.2, 0) is 0 Å². The van der Waals surface area contributed by atoms with Gasteiger partial charge in [-0.25, -0.2) is 4.98 Å². The number of hydrogen-bond acceptors (Lipinski definition) is 7. The molecule has 5 aromatic rings. The molecule has 0 aliphatic carbocycles. The molecule has 0 saturated carbocycles. The molecule has 172 valence electrons. The molecule has 3 aromatic heterocycles. The van der Waals surface area contributed by atoms with Gasteiger partial charge in [-0.3, -0.25) is 4.40 Å². The van der Waals surface area contributed by atoms with Crippen LogP contribution in [0, 0.1) is 0 Å². The first-order chi connectivity index (χ1) is 16.5. The Bertz CT molecular complexity index is 1490. The van der Waals surface area contributed by atoms with Crippen LogP contribution < -0.4 is 14.2 Å². The first-order valence-corrected chi connectivity index (χ1v) is 10.9. The van der Waals surface area contributed by atoms with Gasteiger partial charge in [0.25, 0.3) is 5.89 Å². The van der Waals surface area contributed by atoms with Crippen molar-refractivity contribution in [2.45, 2.75) is 0 Å². The summed E-state index contributed by atoms with van der Waals surface area (Å²) in [6.07, 6.45) is 1.90. The molecular formula is C24H18Cl2N4O4. The van der Waals surface area contributed by atoms with Gasteiger partial charge in [0.05, 0.1) is 37.4 Å². The molecule has 0 radical (unpaired) electrons. The average molecular weight is 497 g/mol. The minimum atomic E-state index is 0.253. The predicted molar refractivity (Wildman–Crippen MR) is 129 cm³/mol. The quantitative estimate of drug-likeness (QED) is 0.282. The number of aromatic nitrogens is 4. The van der Waals surface area contributed by atoms with Gasteiger partial charge in [0, 0.05) is 16.8 Å². The maximum absolute atomic E-state index is 6.31. The highest BCUT2D eigenvalue weighted by Gasteiger charge is 2.22. The lowest BCUT2D eigenvalue weighted by Crippen LogP contribution is -1.97. The highest BCUT2D eigenvalue weighted by Crippen LogP contribution is 2.42. The Hall–Kier alpha value is -3.75. The van der Waals surface area contributed by atoms with Crippen molar-refractivity contribution < 1.29 is 18.6 Å². The normalized spacial score (nSPS) is 11.1. The SMILES string of the molecule is COc1cc(-c2nc(-c3nnc(-c4ccc(Cl)cc4Cl)o3)c3ccccn23)cc(OC)c1OC. The number of rotatable bonds is 6. The Kier molecular flexibility index (Phi) is 5.77. The number of pyridine rings is 1. The molecule has 0 fully saturated rings. The molecule has 0 unspecified atom stereocenters. The maximum atomic E-state index is 6.31. The lowest BCUT2D eigenvalue weighted by Gasteiger charge is -2.13. The number of nitrogens with zero attached hydrogens (tertiary/aromatic N) is 4. The minimum Gasteiger partial charge on any atom is -0.493 e. The van der Waals surface area contributed by atoms with Crippen LogP contribution in [0.4, 0.5) is 0 Å². The van der Waals surface area contributed by atoms with Gasteiger partial charge in [-0.05, 0) is 42.5 Å². The third-order valence-corrected chi connectivity index (χ3v) is 5.81. The van der Waals surface area contributed by atoms with E-state index in [9.17, 15) is 0 Å². The monoisotopic (exact) mass is 496 g/mol. The van der Waals surface area contributed by atoms with Crippen LogP contribution in [0.25, 0.3) is 39.9 Å². The smallest absolute Gasteiger partial charge is 0.268 e. The van der Waals surface area contributed by atoms with Crippen molar-refractivity contribution in [3.05, 3.63) is 64.8 Å². The second-order valence-corrected chi connectivity index (χ2v) is 8.03. The molecule has 2 aromatic carbocycles. The lowest BCUT2D eigenvalue weighted by atomic mass is 10.1. The topological polar surface area (TPSA) is 83.9 Å². The molecule has 10 heteroatoms. The molecule has 5 rings (SSSR count). The zero-order valence-electron chi connectivity index (χ0n) is 18.4. The van der Waals surface area contributed by atoms with Crippen LogP contribution >= 0.6 is 23.2 Å². The van der Waals surface area contributed by atoms with Crippen LogP contribution in [0.3, 0.4) is 0 Å². The van der Waals surface area contributed by atoms with Crippen molar-refractivity contribution in [3.8, 4) is 51.7 Å². The molecule has 0 amide bonds. The summed E-state index contributed by atoms with van der Waals surface area (Å²) in [5.41, 5.74) is 2.64. The van der Waals surface area contributed by atoms with E-state index in [-0.39, 0.29) is 11.8 Å². The summed E-state index contributed by atoms with van der Waals surface area (Å²) in [5.74, 6) is 2.68. The number of methoxy groups -OCH3 is 3. The van der Waals surface area contributed by atoms with Crippen molar-refractivity contribution in [2.75, 3.05) is 21.3 Å². The van der Waals surface area contributed by atoms with E-state index < -0.39 is 0 Å². The first kappa shape index (κ1) is 22.1.